The lowest BCUT2D eigenvalue weighted by Crippen LogP contribution is -2.40. The smallest absolute Gasteiger partial charge is 0.134 e. The molecule has 40 heavy (non-hydrogen) atoms. The first kappa shape index (κ1) is 25.2. The molecule has 4 heteroatoms. The summed E-state index contributed by atoms with van der Waals surface area (Å²) in [4.78, 5) is 0. The van der Waals surface area contributed by atoms with Crippen LogP contribution in [0.25, 0.3) is 0 Å². The highest BCUT2D eigenvalue weighted by atomic mass is 31.1. The van der Waals surface area contributed by atoms with Crippen LogP contribution in [-0.2, 0) is 0 Å². The van der Waals surface area contributed by atoms with E-state index in [4.69, 9.17) is 4.74 Å². The van der Waals surface area contributed by atoms with E-state index in [-0.39, 0.29) is 0 Å². The quantitative estimate of drug-likeness (QED) is 0.205. The molecule has 6 aromatic carbocycles. The highest BCUT2D eigenvalue weighted by Gasteiger charge is 2.30. The molecule has 0 N–H and O–H groups in total. The van der Waals surface area contributed by atoms with Crippen molar-refractivity contribution in [1.82, 2.24) is 0 Å². The highest BCUT2D eigenvalue weighted by molar-refractivity contribution is 7.80. The van der Waals surface area contributed by atoms with Gasteiger partial charge in [0.1, 0.15) is 21.0 Å². The standard InChI is InChI=1S/C36H26OP2Si/c1-5-15-27(16-6-1)38(28-17-7-2-8-18-28)31-23-13-25-33-35(31)37-36-32(24-14-26-34(36)40-33)39(29-19-9-3-10-20-29)30-21-11-4-12-22-30/h1-26H. The Kier molecular flexibility index (Phi) is 7.15. The number of hydrogen-bond acceptors (Lipinski definition) is 1. The molecule has 0 aliphatic carbocycles. The molecule has 7 rings (SSSR count). The van der Waals surface area contributed by atoms with Gasteiger partial charge in [-0.3, -0.25) is 0 Å². The van der Waals surface area contributed by atoms with E-state index in [1.54, 1.807) is 0 Å². The summed E-state index contributed by atoms with van der Waals surface area (Å²) in [6.07, 6.45) is 0. The van der Waals surface area contributed by atoms with Crippen molar-refractivity contribution < 1.29 is 4.74 Å². The lowest BCUT2D eigenvalue weighted by Gasteiger charge is -2.30. The predicted molar refractivity (Wildman–Crippen MR) is 175 cm³/mol. The van der Waals surface area contributed by atoms with Gasteiger partial charge in [-0.25, -0.2) is 0 Å². The molecule has 190 valence electrons. The molecule has 1 heterocycles. The predicted octanol–water partition coefficient (Wildman–Crippen LogP) is 4.96. The van der Waals surface area contributed by atoms with Crippen LogP contribution in [0.2, 0.25) is 0 Å². The van der Waals surface area contributed by atoms with E-state index in [1.807, 2.05) is 0 Å². The van der Waals surface area contributed by atoms with Crippen molar-refractivity contribution in [1.29, 1.82) is 0 Å². The molecule has 6 aromatic rings. The maximum atomic E-state index is 7.13. The van der Waals surface area contributed by atoms with Crippen molar-refractivity contribution in [2.75, 3.05) is 0 Å². The fourth-order valence-corrected chi connectivity index (χ4v) is 11.5. The summed E-state index contributed by atoms with van der Waals surface area (Å²) in [7, 11) is -1.01. The van der Waals surface area contributed by atoms with Crippen LogP contribution < -0.4 is 46.9 Å². The summed E-state index contributed by atoms with van der Waals surface area (Å²) in [5, 5.41) is 10.5. The van der Waals surface area contributed by atoms with Crippen molar-refractivity contribution >= 4 is 67.6 Å². The van der Waals surface area contributed by atoms with Crippen LogP contribution >= 0.6 is 15.8 Å². The Balaban J connectivity index is 1.39. The molecule has 1 aliphatic rings. The molecule has 0 saturated carbocycles. The van der Waals surface area contributed by atoms with Gasteiger partial charge in [-0.2, -0.15) is 0 Å². The Bertz CT molecular complexity index is 1530. The van der Waals surface area contributed by atoms with Gasteiger partial charge in [-0.1, -0.05) is 158 Å². The zero-order chi connectivity index (χ0) is 26.7. The van der Waals surface area contributed by atoms with Crippen molar-refractivity contribution in [3.05, 3.63) is 158 Å². The lowest BCUT2D eigenvalue weighted by molar-refractivity contribution is 0.496. The molecular formula is C36H26OP2Si. The number of ether oxygens (including phenoxy) is 1. The zero-order valence-electron chi connectivity index (χ0n) is 21.8. The third-order valence-electron chi connectivity index (χ3n) is 7.00. The van der Waals surface area contributed by atoms with Gasteiger partial charge in [0.25, 0.3) is 0 Å². The van der Waals surface area contributed by atoms with Crippen LogP contribution in [0.3, 0.4) is 0 Å². The van der Waals surface area contributed by atoms with Gasteiger partial charge in [0.15, 0.2) is 0 Å². The minimum Gasteiger partial charge on any atom is -0.456 e. The Morgan fingerprint density at radius 3 is 1.00 bits per heavy atom. The van der Waals surface area contributed by atoms with Gasteiger partial charge < -0.3 is 4.74 Å². The Labute approximate surface area is 240 Å². The Hall–Kier alpha value is -3.80. The second-order valence-corrected chi connectivity index (χ2v) is 15.2. The Morgan fingerprint density at radius 2 is 0.675 bits per heavy atom. The van der Waals surface area contributed by atoms with E-state index in [0.717, 1.165) is 11.5 Å². The van der Waals surface area contributed by atoms with E-state index in [2.05, 4.69) is 158 Å². The molecule has 0 spiro atoms. The maximum absolute atomic E-state index is 7.13. The van der Waals surface area contributed by atoms with E-state index in [9.17, 15) is 0 Å². The summed E-state index contributed by atoms with van der Waals surface area (Å²) >= 11 is 0. The van der Waals surface area contributed by atoms with Crippen LogP contribution in [0.1, 0.15) is 0 Å². The lowest BCUT2D eigenvalue weighted by atomic mass is 10.3. The van der Waals surface area contributed by atoms with E-state index in [1.165, 1.54) is 42.2 Å². The van der Waals surface area contributed by atoms with E-state index >= 15 is 0 Å². The first-order valence-corrected chi connectivity index (χ1v) is 17.1. The molecule has 2 radical (unpaired) electrons. The van der Waals surface area contributed by atoms with Crippen LogP contribution in [-0.4, -0.2) is 9.52 Å². The molecule has 0 aromatic heterocycles. The largest absolute Gasteiger partial charge is 0.456 e. The molecule has 0 bridgehead atoms. The number of rotatable bonds is 6. The van der Waals surface area contributed by atoms with Gasteiger partial charge in [0.2, 0.25) is 0 Å². The fourth-order valence-electron chi connectivity index (χ4n) is 5.22. The fraction of sp³-hybridized carbons (Fsp3) is 0. The van der Waals surface area contributed by atoms with Crippen LogP contribution in [0.4, 0.5) is 0 Å². The van der Waals surface area contributed by atoms with Gasteiger partial charge >= 0.3 is 0 Å². The van der Waals surface area contributed by atoms with Gasteiger partial charge in [0.05, 0.1) is 0 Å². The third-order valence-corrected chi connectivity index (χ3v) is 13.3. The number of fused-ring (bicyclic) bond motifs is 2. The van der Waals surface area contributed by atoms with Crippen LogP contribution in [0.15, 0.2) is 158 Å². The van der Waals surface area contributed by atoms with E-state index < -0.39 is 15.8 Å². The normalized spacial score (nSPS) is 12.1. The second-order valence-electron chi connectivity index (χ2n) is 9.55. The van der Waals surface area contributed by atoms with Crippen molar-refractivity contribution in [2.24, 2.45) is 0 Å². The molecule has 0 unspecified atom stereocenters. The molecule has 0 amide bonds. The van der Waals surface area contributed by atoms with Gasteiger partial charge in [0, 0.05) is 10.6 Å². The minimum absolute atomic E-state index is 0.549. The van der Waals surface area contributed by atoms with Crippen LogP contribution in [0, 0.1) is 0 Å². The zero-order valence-corrected chi connectivity index (χ0v) is 24.6. The number of hydrogen-bond donors (Lipinski definition) is 0. The van der Waals surface area contributed by atoms with Gasteiger partial charge in [-0.05, 0) is 47.4 Å². The van der Waals surface area contributed by atoms with Gasteiger partial charge in [-0.15, -0.1) is 0 Å². The first-order chi connectivity index (χ1) is 19.9. The molecule has 0 fully saturated rings. The van der Waals surface area contributed by atoms with E-state index in [0.29, 0.717) is 9.52 Å². The molecule has 0 saturated heterocycles. The second kappa shape index (κ2) is 11.4. The molecule has 0 atom stereocenters. The summed E-state index contributed by atoms with van der Waals surface area (Å²) < 4.78 is 7.13. The number of para-hydroxylation sites is 2. The average molecular weight is 565 g/mol. The first-order valence-electron chi connectivity index (χ1n) is 13.4. The topological polar surface area (TPSA) is 9.23 Å². The van der Waals surface area contributed by atoms with Crippen LogP contribution in [0.5, 0.6) is 11.5 Å². The average Bonchev–Trinajstić information content (AvgIpc) is 3.03. The molecule has 1 aliphatic heterocycles. The van der Waals surface area contributed by atoms with Crippen molar-refractivity contribution in [3.63, 3.8) is 0 Å². The summed E-state index contributed by atoms with van der Waals surface area (Å²) in [5.41, 5.74) is 0. The Morgan fingerprint density at radius 1 is 0.350 bits per heavy atom. The molecular weight excluding hydrogens is 538 g/mol. The summed E-state index contributed by atoms with van der Waals surface area (Å²) in [5.74, 6) is 2.08. The maximum Gasteiger partial charge on any atom is 0.134 e. The number of benzene rings is 6. The summed E-state index contributed by atoms with van der Waals surface area (Å²) in [6, 6.07) is 57.1. The van der Waals surface area contributed by atoms with Crippen molar-refractivity contribution in [2.45, 2.75) is 0 Å². The monoisotopic (exact) mass is 564 g/mol. The molecule has 1 nitrogen and oxygen atoms in total. The highest BCUT2D eigenvalue weighted by Crippen LogP contribution is 2.40. The third kappa shape index (κ3) is 4.84. The van der Waals surface area contributed by atoms with Crippen molar-refractivity contribution in [3.8, 4) is 11.5 Å². The SMILES string of the molecule is c1ccc(P(c2ccccc2)c2cccc3c2Oc2c(cccc2P(c2ccccc2)c2ccccc2)[Si]3)cc1. The minimum atomic E-state index is -0.778. The summed E-state index contributed by atoms with van der Waals surface area (Å²) in [6.45, 7) is 0.